The van der Waals surface area contributed by atoms with Gasteiger partial charge in [-0.1, -0.05) is 54.6 Å². The van der Waals surface area contributed by atoms with Crippen LogP contribution in [-0.2, 0) is 5.41 Å². The van der Waals surface area contributed by atoms with Crippen LogP contribution in [0.25, 0.3) is 0 Å². The van der Waals surface area contributed by atoms with Crippen molar-refractivity contribution in [1.29, 1.82) is 0 Å². The summed E-state index contributed by atoms with van der Waals surface area (Å²) in [5, 5.41) is 7.29. The van der Waals surface area contributed by atoms with Gasteiger partial charge in [0, 0.05) is 17.0 Å². The molecule has 2 heterocycles. The number of hydrogen-bond acceptors (Lipinski definition) is 2. The lowest BCUT2D eigenvalue weighted by molar-refractivity contribution is 0.378. The highest BCUT2D eigenvalue weighted by atomic mass is 15.2. The van der Waals surface area contributed by atoms with Crippen LogP contribution in [0.15, 0.2) is 67.3 Å². The zero-order chi connectivity index (χ0) is 14.3. The SMILES string of the molecule is C=C[C@@H](c1ccccc1)[C@@]12CCN[C@@H]1Nc1ccccc12. The number of hydrogen-bond donors (Lipinski definition) is 2. The van der Waals surface area contributed by atoms with E-state index in [9.17, 15) is 0 Å². The summed E-state index contributed by atoms with van der Waals surface area (Å²) >= 11 is 0. The average Bonchev–Trinajstić information content (AvgIpc) is 3.06. The van der Waals surface area contributed by atoms with Crippen molar-refractivity contribution in [3.63, 3.8) is 0 Å². The minimum absolute atomic E-state index is 0.0691. The van der Waals surface area contributed by atoms with Gasteiger partial charge in [0.05, 0.1) is 6.17 Å². The van der Waals surface area contributed by atoms with E-state index in [0.29, 0.717) is 5.92 Å². The van der Waals surface area contributed by atoms with Gasteiger partial charge in [0.2, 0.25) is 0 Å². The number of rotatable bonds is 3. The number of nitrogens with one attached hydrogen (secondary N) is 2. The zero-order valence-electron chi connectivity index (χ0n) is 12.0. The number of benzene rings is 2. The highest BCUT2D eigenvalue weighted by Gasteiger charge is 2.54. The van der Waals surface area contributed by atoms with Gasteiger partial charge in [-0.15, -0.1) is 6.58 Å². The maximum Gasteiger partial charge on any atom is 0.0877 e. The Kier molecular flexibility index (Phi) is 2.86. The second kappa shape index (κ2) is 4.74. The quantitative estimate of drug-likeness (QED) is 0.836. The molecule has 0 amide bonds. The molecule has 2 aliphatic heterocycles. The van der Waals surface area contributed by atoms with Crippen LogP contribution in [0.3, 0.4) is 0 Å². The fraction of sp³-hybridized carbons (Fsp3) is 0.263. The number of allylic oxidation sites excluding steroid dienone is 1. The van der Waals surface area contributed by atoms with Gasteiger partial charge >= 0.3 is 0 Å². The molecule has 0 unspecified atom stereocenters. The van der Waals surface area contributed by atoms with E-state index in [1.54, 1.807) is 0 Å². The van der Waals surface area contributed by atoms with Gasteiger partial charge in [0.25, 0.3) is 0 Å². The Bertz CT molecular complexity index is 664. The summed E-state index contributed by atoms with van der Waals surface area (Å²) in [7, 11) is 0. The first-order chi connectivity index (χ1) is 10.4. The second-order valence-electron chi connectivity index (χ2n) is 5.99. The molecule has 2 heteroatoms. The first-order valence-electron chi connectivity index (χ1n) is 7.63. The van der Waals surface area contributed by atoms with Gasteiger partial charge in [0.1, 0.15) is 0 Å². The van der Waals surface area contributed by atoms with Crippen LogP contribution in [0.4, 0.5) is 5.69 Å². The summed E-state index contributed by atoms with van der Waals surface area (Å²) < 4.78 is 0. The minimum atomic E-state index is 0.0691. The fourth-order valence-electron chi connectivity index (χ4n) is 4.20. The van der Waals surface area contributed by atoms with Crippen molar-refractivity contribution in [1.82, 2.24) is 5.32 Å². The van der Waals surface area contributed by atoms with Crippen LogP contribution in [0.2, 0.25) is 0 Å². The van der Waals surface area contributed by atoms with Crippen LogP contribution < -0.4 is 10.6 Å². The summed E-state index contributed by atoms with van der Waals surface area (Å²) in [6.45, 7) is 5.20. The molecule has 2 aromatic carbocycles. The molecule has 0 saturated carbocycles. The first kappa shape index (κ1) is 12.7. The Morgan fingerprint density at radius 3 is 2.67 bits per heavy atom. The van der Waals surface area contributed by atoms with Crippen LogP contribution >= 0.6 is 0 Å². The standard InChI is InChI=1S/C19H20N2/c1-2-15(14-8-4-3-5-9-14)19-12-13-20-18(19)21-17-11-7-6-10-16(17)19/h2-11,15,18,20-21H,1,12-13H2/t15-,18+,19+/m0/s1. The molecule has 106 valence electrons. The summed E-state index contributed by atoms with van der Waals surface area (Å²) in [6, 6.07) is 19.5. The smallest absolute Gasteiger partial charge is 0.0877 e. The van der Waals surface area contributed by atoms with Crippen molar-refractivity contribution >= 4 is 5.69 Å². The summed E-state index contributed by atoms with van der Waals surface area (Å²) in [4.78, 5) is 0. The van der Waals surface area contributed by atoms with E-state index in [0.717, 1.165) is 13.0 Å². The topological polar surface area (TPSA) is 24.1 Å². The van der Waals surface area contributed by atoms with Crippen molar-refractivity contribution in [2.45, 2.75) is 23.9 Å². The Hall–Kier alpha value is -2.06. The molecule has 4 rings (SSSR count). The number of fused-ring (bicyclic) bond motifs is 3. The monoisotopic (exact) mass is 276 g/mol. The highest BCUT2D eigenvalue weighted by molar-refractivity contribution is 5.64. The normalized spacial score (nSPS) is 27.5. The lowest BCUT2D eigenvalue weighted by Crippen LogP contribution is -2.44. The minimum Gasteiger partial charge on any atom is -0.369 e. The lowest BCUT2D eigenvalue weighted by Gasteiger charge is -2.36. The highest BCUT2D eigenvalue weighted by Crippen LogP contribution is 2.53. The van der Waals surface area contributed by atoms with E-state index >= 15 is 0 Å². The van der Waals surface area contributed by atoms with Crippen LogP contribution in [0.1, 0.15) is 23.5 Å². The molecular formula is C19H20N2. The van der Waals surface area contributed by atoms with Crippen LogP contribution in [-0.4, -0.2) is 12.7 Å². The van der Waals surface area contributed by atoms with E-state index < -0.39 is 0 Å². The van der Waals surface area contributed by atoms with E-state index in [-0.39, 0.29) is 11.6 Å². The molecule has 2 nitrogen and oxygen atoms in total. The van der Waals surface area contributed by atoms with Crippen molar-refractivity contribution in [3.8, 4) is 0 Å². The van der Waals surface area contributed by atoms with Crippen LogP contribution in [0.5, 0.6) is 0 Å². The molecular weight excluding hydrogens is 256 g/mol. The van der Waals surface area contributed by atoms with Crippen LogP contribution in [0, 0.1) is 0 Å². The Balaban J connectivity index is 1.89. The molecule has 2 N–H and O–H groups in total. The molecule has 0 aliphatic carbocycles. The molecule has 1 saturated heterocycles. The molecule has 2 aliphatic rings. The van der Waals surface area contributed by atoms with Crippen molar-refractivity contribution in [2.75, 3.05) is 11.9 Å². The van der Waals surface area contributed by atoms with Gasteiger partial charge < -0.3 is 5.32 Å². The molecule has 1 fully saturated rings. The summed E-state index contributed by atoms with van der Waals surface area (Å²) in [5.41, 5.74) is 4.10. The van der Waals surface area contributed by atoms with E-state index in [4.69, 9.17) is 0 Å². The maximum atomic E-state index is 4.15. The molecule has 2 aromatic rings. The van der Waals surface area contributed by atoms with Crippen molar-refractivity contribution < 1.29 is 0 Å². The predicted molar refractivity (Wildman–Crippen MR) is 87.5 cm³/mol. The number of para-hydroxylation sites is 1. The van der Waals surface area contributed by atoms with E-state index in [1.165, 1.54) is 16.8 Å². The summed E-state index contributed by atoms with van der Waals surface area (Å²) in [5.74, 6) is 0.315. The Morgan fingerprint density at radius 2 is 1.86 bits per heavy atom. The number of anilines is 1. The lowest BCUT2D eigenvalue weighted by atomic mass is 9.66. The molecule has 21 heavy (non-hydrogen) atoms. The zero-order valence-corrected chi connectivity index (χ0v) is 12.0. The molecule has 0 radical (unpaired) electrons. The van der Waals surface area contributed by atoms with Gasteiger partial charge in [-0.2, -0.15) is 0 Å². The molecule has 0 bridgehead atoms. The van der Waals surface area contributed by atoms with E-state index in [2.05, 4.69) is 77.9 Å². The first-order valence-corrected chi connectivity index (χ1v) is 7.63. The Morgan fingerprint density at radius 1 is 1.10 bits per heavy atom. The third-order valence-electron chi connectivity index (χ3n) is 5.08. The fourth-order valence-corrected chi connectivity index (χ4v) is 4.20. The molecule has 0 aromatic heterocycles. The van der Waals surface area contributed by atoms with Gasteiger partial charge in [0.15, 0.2) is 0 Å². The molecule has 0 spiro atoms. The third kappa shape index (κ3) is 1.69. The van der Waals surface area contributed by atoms with Gasteiger partial charge in [-0.25, -0.2) is 0 Å². The van der Waals surface area contributed by atoms with Gasteiger partial charge in [-0.05, 0) is 30.2 Å². The average molecular weight is 276 g/mol. The van der Waals surface area contributed by atoms with Crippen molar-refractivity contribution in [2.24, 2.45) is 0 Å². The maximum absolute atomic E-state index is 4.15. The molecule has 3 atom stereocenters. The van der Waals surface area contributed by atoms with E-state index in [1.807, 2.05) is 0 Å². The summed E-state index contributed by atoms with van der Waals surface area (Å²) in [6.07, 6.45) is 3.55. The Labute approximate surface area is 125 Å². The third-order valence-corrected chi connectivity index (χ3v) is 5.08. The van der Waals surface area contributed by atoms with Gasteiger partial charge in [-0.3, -0.25) is 5.32 Å². The van der Waals surface area contributed by atoms with Crippen molar-refractivity contribution in [3.05, 3.63) is 78.4 Å². The predicted octanol–water partition coefficient (Wildman–Crippen LogP) is 3.64. The second-order valence-corrected chi connectivity index (χ2v) is 5.99. The largest absolute Gasteiger partial charge is 0.369 e.